The Bertz CT molecular complexity index is 1350. The maximum absolute atomic E-state index is 13.2. The number of hydrogen-bond donors (Lipinski definition) is 1. The van der Waals surface area contributed by atoms with Gasteiger partial charge in [0.2, 0.25) is 5.95 Å². The molecule has 0 fully saturated rings. The Kier molecular flexibility index (Phi) is 7.55. The highest BCUT2D eigenvalue weighted by Crippen LogP contribution is 2.23. The van der Waals surface area contributed by atoms with Crippen LogP contribution in [0, 0.1) is 0 Å². The van der Waals surface area contributed by atoms with E-state index in [0.29, 0.717) is 29.6 Å². The predicted octanol–water partition coefficient (Wildman–Crippen LogP) is 4.65. The molecule has 0 aliphatic carbocycles. The van der Waals surface area contributed by atoms with Gasteiger partial charge in [0, 0.05) is 47.8 Å². The number of ether oxygens (including phenoxy) is 1. The highest BCUT2D eigenvalue weighted by molar-refractivity contribution is 6.30. The van der Waals surface area contributed by atoms with Crippen LogP contribution in [0.15, 0.2) is 73.2 Å². The predicted molar refractivity (Wildman–Crippen MR) is 141 cm³/mol. The van der Waals surface area contributed by atoms with Crippen molar-refractivity contribution in [2.24, 2.45) is 0 Å². The van der Waals surface area contributed by atoms with Crippen molar-refractivity contribution in [3.63, 3.8) is 0 Å². The molecule has 2 aromatic heterocycles. The average Bonchev–Trinajstić information content (AvgIpc) is 3.23. The number of halogens is 1. The molecule has 0 aliphatic rings. The standard InChI is InChI=1S/C27H28ClN5O3/c1-27(2,3)36-24(34)18-32(20-11-9-19(28)10-12-20)16-15-29-25(35)22-17-33(26-30-13-6-14-31-26)23-8-5-4-7-21(22)23/h4-14,17H,15-16,18H2,1-3H3,(H,29,35). The molecule has 0 saturated heterocycles. The van der Waals surface area contributed by atoms with Crippen LogP contribution in [-0.4, -0.2) is 51.6 Å². The fourth-order valence-electron chi connectivity index (χ4n) is 3.82. The van der Waals surface area contributed by atoms with Crippen molar-refractivity contribution in [2.75, 3.05) is 24.5 Å². The topological polar surface area (TPSA) is 89.4 Å². The Labute approximate surface area is 214 Å². The Balaban J connectivity index is 1.49. The fraction of sp³-hybridized carbons (Fsp3) is 0.259. The molecule has 36 heavy (non-hydrogen) atoms. The monoisotopic (exact) mass is 505 g/mol. The van der Waals surface area contributed by atoms with E-state index >= 15 is 0 Å². The van der Waals surface area contributed by atoms with Crippen molar-refractivity contribution in [3.05, 3.63) is 83.8 Å². The first-order valence-electron chi connectivity index (χ1n) is 11.6. The number of benzene rings is 2. The second kappa shape index (κ2) is 10.8. The van der Waals surface area contributed by atoms with Gasteiger partial charge in [-0.15, -0.1) is 0 Å². The minimum atomic E-state index is -0.590. The van der Waals surface area contributed by atoms with E-state index in [1.54, 1.807) is 41.4 Å². The number of carbonyl (C=O) groups excluding carboxylic acids is 2. The molecule has 0 spiro atoms. The summed E-state index contributed by atoms with van der Waals surface area (Å²) < 4.78 is 7.29. The second-order valence-corrected chi connectivity index (χ2v) is 9.66. The third kappa shape index (κ3) is 6.20. The molecule has 1 N–H and O–H groups in total. The third-order valence-corrected chi connectivity index (χ3v) is 5.58. The first kappa shape index (κ1) is 25.2. The number of rotatable bonds is 8. The van der Waals surface area contributed by atoms with Crippen molar-refractivity contribution in [1.82, 2.24) is 19.9 Å². The normalized spacial score (nSPS) is 11.3. The molecule has 0 bridgehead atoms. The van der Waals surface area contributed by atoms with Crippen LogP contribution >= 0.6 is 11.6 Å². The van der Waals surface area contributed by atoms with Crippen LogP contribution in [0.3, 0.4) is 0 Å². The summed E-state index contributed by atoms with van der Waals surface area (Å²) in [7, 11) is 0. The molecule has 9 heteroatoms. The van der Waals surface area contributed by atoms with Crippen LogP contribution in [0.2, 0.25) is 5.02 Å². The second-order valence-electron chi connectivity index (χ2n) is 9.22. The molecule has 0 aliphatic heterocycles. The molecule has 0 saturated carbocycles. The van der Waals surface area contributed by atoms with E-state index in [9.17, 15) is 9.59 Å². The Morgan fingerprint density at radius 2 is 1.72 bits per heavy atom. The van der Waals surface area contributed by atoms with Gasteiger partial charge in [-0.05, 0) is 57.2 Å². The lowest BCUT2D eigenvalue weighted by molar-refractivity contribution is -0.153. The zero-order valence-corrected chi connectivity index (χ0v) is 21.2. The summed E-state index contributed by atoms with van der Waals surface area (Å²) in [4.78, 5) is 36.2. The molecule has 4 rings (SSSR count). The van der Waals surface area contributed by atoms with E-state index in [-0.39, 0.29) is 18.4 Å². The van der Waals surface area contributed by atoms with E-state index in [4.69, 9.17) is 16.3 Å². The number of carbonyl (C=O) groups is 2. The minimum absolute atomic E-state index is 0.0411. The van der Waals surface area contributed by atoms with Gasteiger partial charge in [-0.3, -0.25) is 14.2 Å². The number of esters is 1. The number of aromatic nitrogens is 3. The summed E-state index contributed by atoms with van der Waals surface area (Å²) in [5, 5.41) is 4.37. The maximum Gasteiger partial charge on any atom is 0.326 e. The maximum atomic E-state index is 13.2. The molecule has 8 nitrogen and oxygen atoms in total. The summed E-state index contributed by atoms with van der Waals surface area (Å²) in [5.41, 5.74) is 1.57. The summed E-state index contributed by atoms with van der Waals surface area (Å²) >= 11 is 6.04. The Morgan fingerprint density at radius 1 is 1.03 bits per heavy atom. The van der Waals surface area contributed by atoms with Gasteiger partial charge in [-0.25, -0.2) is 9.97 Å². The lowest BCUT2D eigenvalue weighted by Gasteiger charge is -2.27. The number of nitrogens with one attached hydrogen (secondary N) is 1. The quantitative estimate of drug-likeness (QED) is 0.350. The highest BCUT2D eigenvalue weighted by Gasteiger charge is 2.20. The van der Waals surface area contributed by atoms with Crippen LogP contribution < -0.4 is 10.2 Å². The minimum Gasteiger partial charge on any atom is -0.459 e. The van der Waals surface area contributed by atoms with Gasteiger partial charge >= 0.3 is 5.97 Å². The van der Waals surface area contributed by atoms with Crippen LogP contribution in [0.5, 0.6) is 0 Å². The first-order chi connectivity index (χ1) is 17.2. The lowest BCUT2D eigenvalue weighted by atomic mass is 10.1. The van der Waals surface area contributed by atoms with E-state index < -0.39 is 5.60 Å². The van der Waals surface area contributed by atoms with Gasteiger partial charge in [-0.2, -0.15) is 0 Å². The number of anilines is 1. The summed E-state index contributed by atoms with van der Waals surface area (Å²) in [6.45, 7) is 6.23. The van der Waals surface area contributed by atoms with E-state index in [2.05, 4.69) is 15.3 Å². The number of fused-ring (bicyclic) bond motifs is 1. The Hall–Kier alpha value is -3.91. The molecule has 4 aromatic rings. The Morgan fingerprint density at radius 3 is 2.42 bits per heavy atom. The number of amides is 1. The van der Waals surface area contributed by atoms with E-state index in [1.807, 2.05) is 62.1 Å². The van der Waals surface area contributed by atoms with Crippen LogP contribution in [0.1, 0.15) is 31.1 Å². The van der Waals surface area contributed by atoms with E-state index in [0.717, 1.165) is 16.6 Å². The van der Waals surface area contributed by atoms with Crippen LogP contribution in [-0.2, 0) is 9.53 Å². The molecule has 0 radical (unpaired) electrons. The molecule has 186 valence electrons. The van der Waals surface area contributed by atoms with Crippen molar-refractivity contribution in [2.45, 2.75) is 26.4 Å². The van der Waals surface area contributed by atoms with Gasteiger partial charge in [0.05, 0.1) is 11.1 Å². The lowest BCUT2D eigenvalue weighted by Crippen LogP contribution is -2.39. The van der Waals surface area contributed by atoms with E-state index in [1.165, 1.54) is 0 Å². The van der Waals surface area contributed by atoms with Crippen molar-refractivity contribution >= 4 is 40.1 Å². The molecular weight excluding hydrogens is 478 g/mol. The number of nitrogens with zero attached hydrogens (tertiary/aromatic N) is 4. The third-order valence-electron chi connectivity index (χ3n) is 5.32. The van der Waals surface area contributed by atoms with Gasteiger partial charge in [0.1, 0.15) is 12.1 Å². The molecule has 2 heterocycles. The molecule has 1 amide bonds. The zero-order chi connectivity index (χ0) is 25.7. The summed E-state index contributed by atoms with van der Waals surface area (Å²) in [6, 6.07) is 16.5. The van der Waals surface area contributed by atoms with Crippen molar-refractivity contribution < 1.29 is 14.3 Å². The summed E-state index contributed by atoms with van der Waals surface area (Å²) in [6.07, 6.45) is 5.06. The SMILES string of the molecule is CC(C)(C)OC(=O)CN(CCNC(=O)c1cn(-c2ncccn2)c2ccccc12)c1ccc(Cl)cc1. The summed E-state index contributed by atoms with van der Waals surface area (Å²) in [5.74, 6) is -0.0945. The average molecular weight is 506 g/mol. The zero-order valence-electron chi connectivity index (χ0n) is 20.4. The van der Waals surface area contributed by atoms with Crippen molar-refractivity contribution in [3.8, 4) is 5.95 Å². The largest absolute Gasteiger partial charge is 0.459 e. The first-order valence-corrected chi connectivity index (χ1v) is 12.0. The van der Waals surface area contributed by atoms with Crippen LogP contribution in [0.25, 0.3) is 16.9 Å². The van der Waals surface area contributed by atoms with Crippen molar-refractivity contribution in [1.29, 1.82) is 0 Å². The van der Waals surface area contributed by atoms with Gasteiger partial charge in [-0.1, -0.05) is 29.8 Å². The molecule has 0 atom stereocenters. The van der Waals surface area contributed by atoms with Gasteiger partial charge in [0.15, 0.2) is 0 Å². The van der Waals surface area contributed by atoms with Gasteiger partial charge < -0.3 is 15.0 Å². The van der Waals surface area contributed by atoms with Gasteiger partial charge in [0.25, 0.3) is 5.91 Å². The molecule has 2 aromatic carbocycles. The fourth-order valence-corrected chi connectivity index (χ4v) is 3.95. The smallest absolute Gasteiger partial charge is 0.326 e. The molecule has 0 unspecified atom stereocenters. The highest BCUT2D eigenvalue weighted by atomic mass is 35.5. The number of para-hydroxylation sites is 1. The molecular formula is C27H28ClN5O3. The number of hydrogen-bond acceptors (Lipinski definition) is 6. The van der Waals surface area contributed by atoms with Crippen LogP contribution in [0.4, 0.5) is 5.69 Å².